The van der Waals surface area contributed by atoms with E-state index >= 15 is 0 Å². The predicted molar refractivity (Wildman–Crippen MR) is 105 cm³/mol. The molecule has 0 bridgehead atoms. The average Bonchev–Trinajstić information content (AvgIpc) is 2.71. The van der Waals surface area contributed by atoms with E-state index in [0.29, 0.717) is 24.3 Å². The van der Waals surface area contributed by atoms with Crippen LogP contribution in [0.15, 0.2) is 18.2 Å². The maximum absolute atomic E-state index is 13.1. The zero-order valence-electron chi connectivity index (χ0n) is 16.3. The highest BCUT2D eigenvalue weighted by molar-refractivity contribution is 6.09. The van der Waals surface area contributed by atoms with Crippen LogP contribution < -0.4 is 15.1 Å². The molecular weight excluding hydrogens is 344 g/mol. The summed E-state index contributed by atoms with van der Waals surface area (Å²) in [6.45, 7) is 5.93. The molecule has 0 unspecified atom stereocenters. The SMILES string of the molecule is CCN(CC)C(=O)c1ccc2c(c1)N(CC(=O)NC)C(=O)[C@@H]1CCCCN21. The van der Waals surface area contributed by atoms with Crippen LogP contribution in [0, 0.1) is 0 Å². The lowest BCUT2D eigenvalue weighted by Gasteiger charge is -2.45. The highest BCUT2D eigenvalue weighted by Gasteiger charge is 2.40. The molecule has 2 aliphatic rings. The largest absolute Gasteiger partial charge is 0.358 e. The number of fused-ring (bicyclic) bond motifs is 3. The predicted octanol–water partition coefficient (Wildman–Crippen LogP) is 1.62. The molecular formula is C20H28N4O3. The second kappa shape index (κ2) is 7.98. The van der Waals surface area contributed by atoms with Gasteiger partial charge in [-0.05, 0) is 51.3 Å². The summed E-state index contributed by atoms with van der Waals surface area (Å²) < 4.78 is 0. The molecule has 1 fully saturated rings. The van der Waals surface area contributed by atoms with Crippen molar-refractivity contribution in [2.24, 2.45) is 0 Å². The Morgan fingerprint density at radius 3 is 2.59 bits per heavy atom. The van der Waals surface area contributed by atoms with Gasteiger partial charge in [0.15, 0.2) is 0 Å². The van der Waals surface area contributed by atoms with Crippen LogP contribution in [-0.2, 0) is 9.59 Å². The van der Waals surface area contributed by atoms with Gasteiger partial charge in [-0.15, -0.1) is 0 Å². The molecule has 146 valence electrons. The summed E-state index contributed by atoms with van der Waals surface area (Å²) in [6.07, 6.45) is 2.84. The van der Waals surface area contributed by atoms with Gasteiger partial charge in [-0.2, -0.15) is 0 Å². The highest BCUT2D eigenvalue weighted by Crippen LogP contribution is 2.40. The third kappa shape index (κ3) is 3.50. The molecule has 3 amide bonds. The van der Waals surface area contributed by atoms with Crippen molar-refractivity contribution in [3.05, 3.63) is 23.8 Å². The Morgan fingerprint density at radius 2 is 1.93 bits per heavy atom. The average molecular weight is 372 g/mol. The summed E-state index contributed by atoms with van der Waals surface area (Å²) in [5, 5.41) is 2.59. The molecule has 1 aromatic rings. The molecule has 1 atom stereocenters. The molecule has 1 N–H and O–H groups in total. The van der Waals surface area contributed by atoms with Gasteiger partial charge in [0.25, 0.3) is 5.91 Å². The molecule has 1 saturated heterocycles. The molecule has 27 heavy (non-hydrogen) atoms. The summed E-state index contributed by atoms with van der Waals surface area (Å²) in [4.78, 5) is 43.3. The number of hydrogen-bond donors (Lipinski definition) is 1. The maximum atomic E-state index is 13.1. The van der Waals surface area contributed by atoms with E-state index in [-0.39, 0.29) is 30.3 Å². The Balaban J connectivity index is 2.04. The van der Waals surface area contributed by atoms with Crippen LogP contribution in [0.3, 0.4) is 0 Å². The first kappa shape index (κ1) is 19.2. The van der Waals surface area contributed by atoms with Crippen LogP contribution in [0.4, 0.5) is 11.4 Å². The smallest absolute Gasteiger partial charge is 0.253 e. The van der Waals surface area contributed by atoms with Crippen molar-refractivity contribution in [2.45, 2.75) is 39.2 Å². The molecule has 0 spiro atoms. The molecule has 7 heteroatoms. The van der Waals surface area contributed by atoms with Gasteiger partial charge in [0.2, 0.25) is 11.8 Å². The van der Waals surface area contributed by atoms with Crippen molar-refractivity contribution in [3.63, 3.8) is 0 Å². The summed E-state index contributed by atoms with van der Waals surface area (Å²) in [6, 6.07) is 5.30. The van der Waals surface area contributed by atoms with Gasteiger partial charge in [-0.1, -0.05) is 0 Å². The normalized spacial score (nSPS) is 18.6. The van der Waals surface area contributed by atoms with Crippen molar-refractivity contribution in [1.82, 2.24) is 10.2 Å². The number of nitrogens with zero attached hydrogens (tertiary/aromatic N) is 3. The Morgan fingerprint density at radius 1 is 1.19 bits per heavy atom. The number of carbonyl (C=O) groups is 3. The quantitative estimate of drug-likeness (QED) is 0.852. The van der Waals surface area contributed by atoms with Crippen LogP contribution >= 0.6 is 0 Å². The first-order valence-electron chi connectivity index (χ1n) is 9.73. The van der Waals surface area contributed by atoms with Gasteiger partial charge in [-0.25, -0.2) is 0 Å². The zero-order valence-corrected chi connectivity index (χ0v) is 16.3. The fraction of sp³-hybridized carbons (Fsp3) is 0.550. The summed E-state index contributed by atoms with van der Waals surface area (Å²) >= 11 is 0. The Kier molecular flexibility index (Phi) is 5.68. The van der Waals surface area contributed by atoms with E-state index in [9.17, 15) is 14.4 Å². The highest BCUT2D eigenvalue weighted by atomic mass is 16.2. The molecule has 0 radical (unpaired) electrons. The standard InChI is InChI=1S/C20H28N4O3/c1-4-22(5-2)19(26)14-9-10-15-17(12-14)24(13-18(25)21-3)20(27)16-8-6-7-11-23(15)16/h9-10,12,16H,4-8,11,13H2,1-3H3,(H,21,25)/t16-/m0/s1. The van der Waals surface area contributed by atoms with E-state index in [1.54, 1.807) is 22.9 Å². The molecule has 0 aliphatic carbocycles. The Labute approximate surface area is 160 Å². The van der Waals surface area contributed by atoms with Crippen molar-refractivity contribution in [2.75, 3.05) is 43.0 Å². The minimum atomic E-state index is -0.223. The monoisotopic (exact) mass is 372 g/mol. The fourth-order valence-corrected chi connectivity index (χ4v) is 3.97. The van der Waals surface area contributed by atoms with E-state index in [0.717, 1.165) is 31.5 Å². The molecule has 2 aliphatic heterocycles. The topological polar surface area (TPSA) is 73.0 Å². The number of likely N-dealkylation sites (N-methyl/N-ethyl adjacent to an activating group) is 1. The van der Waals surface area contributed by atoms with Crippen molar-refractivity contribution < 1.29 is 14.4 Å². The second-order valence-corrected chi connectivity index (χ2v) is 6.98. The molecule has 1 aromatic carbocycles. The van der Waals surface area contributed by atoms with Crippen molar-refractivity contribution >= 4 is 29.1 Å². The maximum Gasteiger partial charge on any atom is 0.253 e. The fourth-order valence-electron chi connectivity index (χ4n) is 3.97. The first-order chi connectivity index (χ1) is 13.0. The third-order valence-electron chi connectivity index (χ3n) is 5.51. The molecule has 0 aromatic heterocycles. The molecule has 0 saturated carbocycles. The Bertz CT molecular complexity index is 745. The van der Waals surface area contributed by atoms with Gasteiger partial charge >= 0.3 is 0 Å². The van der Waals surface area contributed by atoms with E-state index in [4.69, 9.17) is 0 Å². The van der Waals surface area contributed by atoms with Gasteiger partial charge in [0.05, 0.1) is 11.4 Å². The number of nitrogens with one attached hydrogen (secondary N) is 1. The van der Waals surface area contributed by atoms with E-state index in [1.807, 2.05) is 26.0 Å². The van der Waals surface area contributed by atoms with Crippen LogP contribution in [0.25, 0.3) is 0 Å². The van der Waals surface area contributed by atoms with Gasteiger partial charge in [-0.3, -0.25) is 19.3 Å². The lowest BCUT2D eigenvalue weighted by atomic mass is 9.95. The van der Waals surface area contributed by atoms with Crippen LogP contribution in [0.2, 0.25) is 0 Å². The minimum absolute atomic E-state index is 0.0322. The number of carbonyl (C=O) groups excluding carboxylic acids is 3. The molecule has 7 nitrogen and oxygen atoms in total. The minimum Gasteiger partial charge on any atom is -0.358 e. The number of rotatable bonds is 5. The number of hydrogen-bond acceptors (Lipinski definition) is 4. The van der Waals surface area contributed by atoms with E-state index in [1.165, 1.54) is 0 Å². The summed E-state index contributed by atoms with van der Waals surface area (Å²) in [7, 11) is 1.56. The Hall–Kier alpha value is -2.57. The second-order valence-electron chi connectivity index (χ2n) is 6.98. The van der Waals surface area contributed by atoms with Crippen LogP contribution in [0.5, 0.6) is 0 Å². The zero-order chi connectivity index (χ0) is 19.6. The van der Waals surface area contributed by atoms with Gasteiger partial charge in [0, 0.05) is 32.2 Å². The van der Waals surface area contributed by atoms with E-state index < -0.39 is 0 Å². The number of anilines is 2. The lowest BCUT2D eigenvalue weighted by Crippen LogP contribution is -2.57. The summed E-state index contributed by atoms with van der Waals surface area (Å²) in [5.74, 6) is -0.340. The third-order valence-corrected chi connectivity index (χ3v) is 5.51. The molecule has 2 heterocycles. The first-order valence-corrected chi connectivity index (χ1v) is 9.73. The van der Waals surface area contributed by atoms with Gasteiger partial charge < -0.3 is 15.1 Å². The lowest BCUT2D eigenvalue weighted by molar-refractivity contribution is -0.124. The number of piperidine rings is 1. The van der Waals surface area contributed by atoms with E-state index in [2.05, 4.69) is 10.2 Å². The number of benzene rings is 1. The summed E-state index contributed by atoms with van der Waals surface area (Å²) in [5.41, 5.74) is 2.13. The molecule has 3 rings (SSSR count). The van der Waals surface area contributed by atoms with Crippen molar-refractivity contribution in [1.29, 1.82) is 0 Å². The van der Waals surface area contributed by atoms with Crippen molar-refractivity contribution in [3.8, 4) is 0 Å². The van der Waals surface area contributed by atoms with Crippen LogP contribution in [-0.4, -0.2) is 61.9 Å². The van der Waals surface area contributed by atoms with Crippen LogP contribution in [0.1, 0.15) is 43.5 Å². The van der Waals surface area contributed by atoms with Gasteiger partial charge in [0.1, 0.15) is 12.6 Å². The number of amides is 3.